The Kier molecular flexibility index (Phi) is 5.87. The SMILES string of the molecule is CC/C(=C\C=C(/C)OC)[S+]([O-])c1ccccc1. The third-order valence-electron chi connectivity index (χ3n) is 2.37. The molecule has 1 rings (SSSR count). The maximum Gasteiger partial charge on any atom is 0.158 e. The Labute approximate surface area is 106 Å². The third kappa shape index (κ3) is 4.29. The zero-order valence-corrected chi connectivity index (χ0v) is 11.3. The highest BCUT2D eigenvalue weighted by Crippen LogP contribution is 2.21. The van der Waals surface area contributed by atoms with Crippen molar-refractivity contribution in [3.05, 3.63) is 53.1 Å². The van der Waals surface area contributed by atoms with Gasteiger partial charge in [-0.05, 0) is 31.2 Å². The highest BCUT2D eigenvalue weighted by atomic mass is 32.2. The van der Waals surface area contributed by atoms with Crippen LogP contribution in [0.25, 0.3) is 0 Å². The molecule has 0 bridgehead atoms. The second kappa shape index (κ2) is 7.20. The standard InChI is InChI=1S/C14H18O2S/c1-4-13(11-10-12(2)16-3)17(15)14-8-6-5-7-9-14/h5-11H,4H2,1-3H3/b12-10+,13-11+. The van der Waals surface area contributed by atoms with E-state index in [0.29, 0.717) is 0 Å². The van der Waals surface area contributed by atoms with Crippen molar-refractivity contribution in [2.24, 2.45) is 0 Å². The van der Waals surface area contributed by atoms with Crippen molar-refractivity contribution in [2.75, 3.05) is 7.11 Å². The molecule has 0 fully saturated rings. The van der Waals surface area contributed by atoms with Crippen molar-refractivity contribution in [2.45, 2.75) is 25.2 Å². The van der Waals surface area contributed by atoms with Crippen LogP contribution >= 0.6 is 0 Å². The van der Waals surface area contributed by atoms with Crippen LogP contribution < -0.4 is 0 Å². The molecule has 0 radical (unpaired) electrons. The van der Waals surface area contributed by atoms with Gasteiger partial charge in [-0.2, -0.15) is 0 Å². The molecule has 0 aromatic heterocycles. The highest BCUT2D eigenvalue weighted by molar-refractivity contribution is 7.95. The molecular weight excluding hydrogens is 232 g/mol. The zero-order chi connectivity index (χ0) is 12.7. The summed E-state index contributed by atoms with van der Waals surface area (Å²) < 4.78 is 17.3. The van der Waals surface area contributed by atoms with Gasteiger partial charge in [0.1, 0.15) is 4.91 Å². The van der Waals surface area contributed by atoms with Gasteiger partial charge in [0.05, 0.1) is 12.9 Å². The van der Waals surface area contributed by atoms with E-state index in [1.54, 1.807) is 7.11 Å². The molecule has 0 heterocycles. The third-order valence-corrected chi connectivity index (χ3v) is 3.97. The largest absolute Gasteiger partial charge is 0.607 e. The lowest BCUT2D eigenvalue weighted by atomic mass is 10.3. The highest BCUT2D eigenvalue weighted by Gasteiger charge is 2.14. The number of hydrogen-bond donors (Lipinski definition) is 0. The van der Waals surface area contributed by atoms with Crippen LogP contribution in [0.3, 0.4) is 0 Å². The lowest BCUT2D eigenvalue weighted by molar-refractivity contribution is 0.294. The Morgan fingerprint density at radius 1 is 1.29 bits per heavy atom. The smallest absolute Gasteiger partial charge is 0.158 e. The Bertz CT molecular complexity index is 396. The van der Waals surface area contributed by atoms with Gasteiger partial charge in [0.15, 0.2) is 4.90 Å². The minimum Gasteiger partial charge on any atom is -0.607 e. The van der Waals surface area contributed by atoms with Gasteiger partial charge in [-0.3, -0.25) is 0 Å². The topological polar surface area (TPSA) is 32.3 Å². The molecule has 2 nitrogen and oxygen atoms in total. The number of ether oxygens (including phenoxy) is 1. The normalized spacial score (nSPS) is 14.6. The molecule has 1 atom stereocenters. The minimum absolute atomic E-state index is 0.759. The van der Waals surface area contributed by atoms with Gasteiger partial charge in [-0.15, -0.1) is 0 Å². The zero-order valence-electron chi connectivity index (χ0n) is 10.5. The molecule has 17 heavy (non-hydrogen) atoms. The molecule has 1 aromatic carbocycles. The quantitative estimate of drug-likeness (QED) is 0.454. The average Bonchev–Trinajstić information content (AvgIpc) is 2.39. The summed E-state index contributed by atoms with van der Waals surface area (Å²) >= 11 is -1.08. The Hall–Kier alpha value is -1.19. The van der Waals surface area contributed by atoms with Gasteiger partial charge in [0.25, 0.3) is 0 Å². The fourth-order valence-electron chi connectivity index (χ4n) is 1.28. The average molecular weight is 250 g/mol. The van der Waals surface area contributed by atoms with Crippen molar-refractivity contribution < 1.29 is 9.29 Å². The summed E-state index contributed by atoms with van der Waals surface area (Å²) in [4.78, 5) is 1.73. The van der Waals surface area contributed by atoms with Crippen LogP contribution in [0.1, 0.15) is 20.3 Å². The molecule has 1 aromatic rings. The molecule has 0 saturated carbocycles. The van der Waals surface area contributed by atoms with Crippen LogP contribution in [0.2, 0.25) is 0 Å². The molecule has 0 aliphatic rings. The number of benzene rings is 1. The summed E-state index contributed by atoms with van der Waals surface area (Å²) in [5.74, 6) is 0.806. The van der Waals surface area contributed by atoms with E-state index in [1.165, 1.54) is 0 Å². The van der Waals surface area contributed by atoms with Gasteiger partial charge in [-0.25, -0.2) is 0 Å². The van der Waals surface area contributed by atoms with Gasteiger partial charge in [0, 0.05) is 17.6 Å². The molecule has 0 spiro atoms. The van der Waals surface area contributed by atoms with Gasteiger partial charge >= 0.3 is 0 Å². The van der Waals surface area contributed by atoms with Gasteiger partial charge in [-0.1, -0.05) is 25.1 Å². The first-order valence-corrected chi connectivity index (χ1v) is 6.72. The monoisotopic (exact) mass is 250 g/mol. The Balaban J connectivity index is 2.88. The molecular formula is C14H18O2S. The van der Waals surface area contributed by atoms with Crippen LogP contribution in [0, 0.1) is 0 Å². The molecule has 0 amide bonds. The van der Waals surface area contributed by atoms with Crippen molar-refractivity contribution in [1.29, 1.82) is 0 Å². The summed E-state index contributed by atoms with van der Waals surface area (Å²) in [5.41, 5.74) is 0. The van der Waals surface area contributed by atoms with Crippen LogP contribution in [-0.2, 0) is 15.9 Å². The molecule has 0 aliphatic heterocycles. The fraction of sp³-hybridized carbons (Fsp3) is 0.286. The molecule has 0 aliphatic carbocycles. The maximum absolute atomic E-state index is 12.2. The van der Waals surface area contributed by atoms with E-state index in [4.69, 9.17) is 4.74 Å². The lowest BCUT2D eigenvalue weighted by Gasteiger charge is -2.11. The maximum atomic E-state index is 12.2. The van der Waals surface area contributed by atoms with Gasteiger partial charge < -0.3 is 9.29 Å². The van der Waals surface area contributed by atoms with Gasteiger partial charge in [0.2, 0.25) is 0 Å². The van der Waals surface area contributed by atoms with Crippen molar-refractivity contribution >= 4 is 11.2 Å². The van der Waals surface area contributed by atoms with Crippen LogP contribution in [-0.4, -0.2) is 11.7 Å². The number of methoxy groups -OCH3 is 1. The summed E-state index contributed by atoms with van der Waals surface area (Å²) in [5, 5.41) is 0. The van der Waals surface area contributed by atoms with E-state index in [0.717, 1.165) is 22.0 Å². The van der Waals surface area contributed by atoms with Crippen LogP contribution in [0.5, 0.6) is 0 Å². The van der Waals surface area contributed by atoms with Crippen molar-refractivity contribution in [3.8, 4) is 0 Å². The second-order valence-corrected chi connectivity index (χ2v) is 5.08. The molecule has 92 valence electrons. The van der Waals surface area contributed by atoms with E-state index in [1.807, 2.05) is 56.3 Å². The fourth-order valence-corrected chi connectivity index (χ4v) is 2.45. The number of rotatable bonds is 5. The second-order valence-electron chi connectivity index (χ2n) is 3.55. The summed E-state index contributed by atoms with van der Waals surface area (Å²) in [6, 6.07) is 9.48. The van der Waals surface area contributed by atoms with E-state index in [9.17, 15) is 4.55 Å². The molecule has 1 unspecified atom stereocenters. The summed E-state index contributed by atoms with van der Waals surface area (Å²) in [7, 11) is 1.62. The first-order chi connectivity index (χ1) is 8.19. The lowest BCUT2D eigenvalue weighted by Crippen LogP contribution is -2.04. The Morgan fingerprint density at radius 3 is 2.47 bits per heavy atom. The van der Waals surface area contributed by atoms with Crippen molar-refractivity contribution in [1.82, 2.24) is 0 Å². The molecule has 3 heteroatoms. The summed E-state index contributed by atoms with van der Waals surface area (Å²) in [6.07, 6.45) is 4.48. The van der Waals surface area contributed by atoms with E-state index in [2.05, 4.69) is 0 Å². The minimum atomic E-state index is -1.08. The number of hydrogen-bond acceptors (Lipinski definition) is 2. The van der Waals surface area contributed by atoms with Crippen molar-refractivity contribution in [3.63, 3.8) is 0 Å². The predicted octanol–water partition coefficient (Wildman–Crippen LogP) is 3.64. The molecule has 0 N–H and O–H groups in total. The van der Waals surface area contributed by atoms with E-state index >= 15 is 0 Å². The predicted molar refractivity (Wildman–Crippen MR) is 72.0 cm³/mol. The number of allylic oxidation sites excluding steroid dienone is 4. The van der Waals surface area contributed by atoms with E-state index < -0.39 is 11.2 Å². The Morgan fingerprint density at radius 2 is 1.94 bits per heavy atom. The molecule has 0 saturated heterocycles. The van der Waals surface area contributed by atoms with Crippen LogP contribution in [0.15, 0.2) is 58.0 Å². The van der Waals surface area contributed by atoms with Crippen LogP contribution in [0.4, 0.5) is 0 Å². The first-order valence-electron chi connectivity index (χ1n) is 5.57. The van der Waals surface area contributed by atoms with E-state index in [-0.39, 0.29) is 0 Å². The first kappa shape index (κ1) is 13.9. The summed E-state index contributed by atoms with van der Waals surface area (Å²) in [6.45, 7) is 3.87.